The summed E-state index contributed by atoms with van der Waals surface area (Å²) in [4.78, 5) is 4.10. The maximum atomic E-state index is 12.9. The highest BCUT2D eigenvalue weighted by Gasteiger charge is 2.24. The molecule has 0 aliphatic heterocycles. The van der Waals surface area contributed by atoms with Gasteiger partial charge >= 0.3 is 7.12 Å². The Balaban J connectivity index is 2.26. The van der Waals surface area contributed by atoms with Gasteiger partial charge in [-0.1, -0.05) is 18.2 Å². The van der Waals surface area contributed by atoms with Crippen molar-refractivity contribution >= 4 is 12.6 Å². The van der Waals surface area contributed by atoms with Gasteiger partial charge in [0.05, 0.1) is 0 Å². The summed E-state index contributed by atoms with van der Waals surface area (Å²) in [5.41, 5.74) is 1.76. The fourth-order valence-electron chi connectivity index (χ4n) is 1.80. The molecule has 0 aliphatic carbocycles. The van der Waals surface area contributed by atoms with Crippen molar-refractivity contribution in [2.24, 2.45) is 0 Å². The quantitative estimate of drug-likeness (QED) is 0.873. The first-order valence-corrected chi connectivity index (χ1v) is 6.42. The summed E-state index contributed by atoms with van der Waals surface area (Å²) in [5.74, 6) is -0.283. The Bertz CT molecular complexity index is 581. The molecule has 5 heteroatoms. The third kappa shape index (κ3) is 3.89. The molecular formula is C15H17BFNO2. The summed E-state index contributed by atoms with van der Waals surface area (Å²) in [7, 11) is -1.04. The van der Waals surface area contributed by atoms with Crippen molar-refractivity contribution in [2.45, 2.75) is 26.4 Å². The maximum absolute atomic E-state index is 12.9. The number of halogens is 1. The van der Waals surface area contributed by atoms with E-state index in [0.717, 1.165) is 11.1 Å². The van der Waals surface area contributed by atoms with Gasteiger partial charge in [0, 0.05) is 23.5 Å². The first kappa shape index (κ1) is 14.7. The summed E-state index contributed by atoms with van der Waals surface area (Å²) >= 11 is 0. The van der Waals surface area contributed by atoms with Gasteiger partial charge in [0.1, 0.15) is 5.82 Å². The van der Waals surface area contributed by atoms with E-state index >= 15 is 0 Å². The van der Waals surface area contributed by atoms with Crippen molar-refractivity contribution < 1.29 is 14.1 Å². The van der Waals surface area contributed by atoms with Gasteiger partial charge in [-0.3, -0.25) is 4.98 Å². The lowest BCUT2D eigenvalue weighted by Crippen LogP contribution is -2.40. The molecule has 1 heterocycles. The predicted molar refractivity (Wildman–Crippen MR) is 78.1 cm³/mol. The molecule has 0 saturated carbocycles. The molecule has 0 amide bonds. The zero-order valence-electron chi connectivity index (χ0n) is 11.8. The van der Waals surface area contributed by atoms with Crippen LogP contribution in [0.1, 0.15) is 20.8 Å². The molecule has 0 unspecified atom stereocenters. The Labute approximate surface area is 118 Å². The maximum Gasteiger partial charge on any atom is 0.493 e. The number of aromatic nitrogens is 1. The molecule has 3 nitrogen and oxygen atoms in total. The van der Waals surface area contributed by atoms with Crippen LogP contribution < -0.4 is 5.46 Å². The van der Waals surface area contributed by atoms with E-state index in [1.807, 2.05) is 20.8 Å². The Hall–Kier alpha value is -1.72. The van der Waals surface area contributed by atoms with Crippen LogP contribution in [-0.4, -0.2) is 22.7 Å². The third-order valence-electron chi connectivity index (χ3n) is 2.69. The Kier molecular flexibility index (Phi) is 4.21. The lowest BCUT2D eigenvalue weighted by atomic mass is 9.78. The van der Waals surface area contributed by atoms with Crippen LogP contribution in [0, 0.1) is 5.82 Å². The van der Waals surface area contributed by atoms with Crippen LogP contribution in [-0.2, 0) is 4.65 Å². The molecule has 0 radical (unpaired) electrons. The second-order valence-electron chi connectivity index (χ2n) is 5.60. The van der Waals surface area contributed by atoms with E-state index < -0.39 is 12.7 Å². The average Bonchev–Trinajstić information content (AvgIpc) is 2.38. The Morgan fingerprint density at radius 3 is 2.35 bits per heavy atom. The van der Waals surface area contributed by atoms with E-state index in [4.69, 9.17) is 4.65 Å². The zero-order valence-corrected chi connectivity index (χ0v) is 11.8. The molecule has 1 aromatic heterocycles. The number of pyridine rings is 1. The van der Waals surface area contributed by atoms with E-state index in [-0.39, 0.29) is 5.82 Å². The number of rotatable bonds is 3. The highest BCUT2D eigenvalue weighted by atomic mass is 19.1. The number of nitrogens with zero attached hydrogens (tertiary/aromatic N) is 1. The molecule has 0 bridgehead atoms. The van der Waals surface area contributed by atoms with Crippen LogP contribution in [0.2, 0.25) is 0 Å². The van der Waals surface area contributed by atoms with Crippen molar-refractivity contribution in [3.63, 3.8) is 0 Å². The molecule has 2 rings (SSSR count). The van der Waals surface area contributed by atoms with E-state index in [9.17, 15) is 9.41 Å². The molecule has 2 aromatic rings. The highest BCUT2D eigenvalue weighted by molar-refractivity contribution is 6.60. The van der Waals surface area contributed by atoms with Gasteiger partial charge in [0.2, 0.25) is 0 Å². The normalized spacial score (nSPS) is 11.4. The zero-order chi connectivity index (χ0) is 14.8. The first-order valence-electron chi connectivity index (χ1n) is 6.42. The Morgan fingerprint density at radius 2 is 1.75 bits per heavy atom. The summed E-state index contributed by atoms with van der Waals surface area (Å²) in [6.07, 6.45) is 3.23. The lowest BCUT2D eigenvalue weighted by Gasteiger charge is -2.22. The third-order valence-corrected chi connectivity index (χ3v) is 2.69. The topological polar surface area (TPSA) is 42.4 Å². The summed E-state index contributed by atoms with van der Waals surface area (Å²) < 4.78 is 18.4. The fourth-order valence-corrected chi connectivity index (χ4v) is 1.80. The minimum absolute atomic E-state index is 0.283. The van der Waals surface area contributed by atoms with Crippen LogP contribution in [0.15, 0.2) is 42.7 Å². The van der Waals surface area contributed by atoms with Gasteiger partial charge in [0.15, 0.2) is 0 Å². The highest BCUT2D eigenvalue weighted by Crippen LogP contribution is 2.18. The van der Waals surface area contributed by atoms with E-state index in [1.165, 1.54) is 12.1 Å². The second-order valence-corrected chi connectivity index (χ2v) is 5.60. The molecule has 0 atom stereocenters. The van der Waals surface area contributed by atoms with Gasteiger partial charge in [-0.15, -0.1) is 0 Å². The van der Waals surface area contributed by atoms with E-state index in [2.05, 4.69) is 4.98 Å². The minimum atomic E-state index is -1.04. The molecule has 1 aromatic carbocycles. The second kappa shape index (κ2) is 5.73. The molecular weight excluding hydrogens is 256 g/mol. The largest absolute Gasteiger partial charge is 0.493 e. The first-order chi connectivity index (χ1) is 9.35. The van der Waals surface area contributed by atoms with Crippen molar-refractivity contribution in [1.29, 1.82) is 0 Å². The monoisotopic (exact) mass is 273 g/mol. The van der Waals surface area contributed by atoms with Crippen LogP contribution >= 0.6 is 0 Å². The van der Waals surface area contributed by atoms with E-state index in [0.29, 0.717) is 5.46 Å². The van der Waals surface area contributed by atoms with Crippen LogP contribution in [0.4, 0.5) is 4.39 Å². The molecule has 0 saturated heterocycles. The SMILES string of the molecule is CC(C)(C)OB(O)c1cncc(-c2ccc(F)cc2)c1. The standard InChI is InChI=1S/C15H17BFNO2/c1-15(2,3)20-16(19)13-8-12(9-18-10-13)11-4-6-14(17)7-5-11/h4-10,19H,1-3H3. The van der Waals surface area contributed by atoms with E-state index in [1.54, 1.807) is 30.6 Å². The number of hydrogen-bond donors (Lipinski definition) is 1. The summed E-state index contributed by atoms with van der Waals surface area (Å²) in [6, 6.07) is 7.92. The van der Waals surface area contributed by atoms with Crippen molar-refractivity contribution in [2.75, 3.05) is 0 Å². The van der Waals surface area contributed by atoms with Crippen molar-refractivity contribution in [3.05, 3.63) is 48.5 Å². The summed E-state index contributed by atoms with van der Waals surface area (Å²) in [6.45, 7) is 5.61. The van der Waals surface area contributed by atoms with Crippen LogP contribution in [0.5, 0.6) is 0 Å². The fraction of sp³-hybridized carbons (Fsp3) is 0.267. The number of benzene rings is 1. The van der Waals surface area contributed by atoms with Crippen molar-refractivity contribution in [1.82, 2.24) is 4.98 Å². The number of hydrogen-bond acceptors (Lipinski definition) is 3. The molecule has 0 spiro atoms. The molecule has 104 valence electrons. The molecule has 1 N–H and O–H groups in total. The van der Waals surface area contributed by atoms with Gasteiger partial charge in [-0.25, -0.2) is 4.39 Å². The molecule has 0 aliphatic rings. The Morgan fingerprint density at radius 1 is 1.10 bits per heavy atom. The van der Waals surface area contributed by atoms with Crippen molar-refractivity contribution in [3.8, 4) is 11.1 Å². The molecule has 0 fully saturated rings. The van der Waals surface area contributed by atoms with Gasteiger partial charge in [-0.2, -0.15) is 0 Å². The van der Waals surface area contributed by atoms with Crippen LogP contribution in [0.25, 0.3) is 11.1 Å². The van der Waals surface area contributed by atoms with Gasteiger partial charge in [-0.05, 0) is 44.0 Å². The smallest absolute Gasteiger partial charge is 0.423 e. The average molecular weight is 273 g/mol. The summed E-state index contributed by atoms with van der Waals surface area (Å²) in [5, 5.41) is 10.0. The van der Waals surface area contributed by atoms with Crippen LogP contribution in [0.3, 0.4) is 0 Å². The molecule has 20 heavy (non-hydrogen) atoms. The van der Waals surface area contributed by atoms with Gasteiger partial charge < -0.3 is 9.68 Å². The predicted octanol–water partition coefficient (Wildman–Crippen LogP) is 2.39. The lowest BCUT2D eigenvalue weighted by molar-refractivity contribution is 0.107. The van der Waals surface area contributed by atoms with Gasteiger partial charge in [0.25, 0.3) is 0 Å². The minimum Gasteiger partial charge on any atom is -0.423 e.